The van der Waals surface area contributed by atoms with E-state index in [0.29, 0.717) is 26.4 Å². The Hall–Kier alpha value is 0.372. The summed E-state index contributed by atoms with van der Waals surface area (Å²) in [7, 11) is 3.30. The Morgan fingerprint density at radius 1 is 0.909 bits per heavy atom. The van der Waals surface area contributed by atoms with Gasteiger partial charge in [0.05, 0.1) is 13.2 Å². The summed E-state index contributed by atoms with van der Waals surface area (Å²) in [5.41, 5.74) is 0. The lowest BCUT2D eigenvalue weighted by Gasteiger charge is -2.02. The van der Waals surface area contributed by atoms with Crippen molar-refractivity contribution < 1.29 is 18.5 Å². The van der Waals surface area contributed by atoms with Crippen LogP contribution in [0.3, 0.4) is 0 Å². The van der Waals surface area contributed by atoms with Crippen LogP contribution in [0.15, 0.2) is 0 Å². The van der Waals surface area contributed by atoms with Crippen molar-refractivity contribution in [1.29, 1.82) is 0 Å². The molecule has 0 amide bonds. The first-order valence-electron chi connectivity index (χ1n) is 3.55. The highest BCUT2D eigenvalue weighted by molar-refractivity contribution is 6.17. The van der Waals surface area contributed by atoms with Gasteiger partial charge in [-0.05, 0) is 0 Å². The molecule has 0 fully saturated rings. The van der Waals surface area contributed by atoms with Gasteiger partial charge in [-0.1, -0.05) is 0 Å². The molecule has 0 radical (unpaired) electrons. The zero-order valence-corrected chi connectivity index (χ0v) is 8.58. The Bertz CT molecular complexity index is 68.6. The summed E-state index contributed by atoms with van der Waals surface area (Å²) >= 11 is -0.789. The largest absolute Gasteiger partial charge is 1.00 e. The first-order valence-corrected chi connectivity index (χ1v) is 4.70. The fourth-order valence-electron chi connectivity index (χ4n) is 0.461. The second kappa shape index (κ2) is 10.4. The lowest BCUT2D eigenvalue weighted by atomic mass is 10.8. The summed E-state index contributed by atoms with van der Waals surface area (Å²) in [5, 5.41) is 0. The molecule has 0 aliphatic rings. The molecule has 0 spiro atoms. The third-order valence-corrected chi connectivity index (χ3v) is 1.94. The molecule has 5 heteroatoms. The molecule has 0 heterocycles. The molecule has 0 unspecified atom stereocenters. The zero-order chi connectivity index (χ0) is 8.36. The summed E-state index contributed by atoms with van der Waals surface area (Å²) < 4.78 is 19.9. The lowest BCUT2D eigenvalue weighted by Crippen LogP contribution is -2.12. The number of hydrogen-bond acceptors (Lipinski definition) is 4. The van der Waals surface area contributed by atoms with Gasteiger partial charge < -0.3 is 17.1 Å². The maximum absolute atomic E-state index is 5.16. The Morgan fingerprint density at radius 2 is 1.36 bits per heavy atom. The topological polar surface area (TPSA) is 36.9 Å². The molecular formula is C6H16AlO4+. The van der Waals surface area contributed by atoms with E-state index in [-0.39, 0.29) is 1.43 Å². The van der Waals surface area contributed by atoms with E-state index in [4.69, 9.17) is 17.1 Å². The molecule has 0 aromatic rings. The van der Waals surface area contributed by atoms with Crippen LogP contribution < -0.4 is 0 Å². The Balaban J connectivity index is 0. The van der Waals surface area contributed by atoms with Gasteiger partial charge in [0.25, 0.3) is 0 Å². The summed E-state index contributed by atoms with van der Waals surface area (Å²) in [6, 6.07) is 0. The van der Waals surface area contributed by atoms with Gasteiger partial charge in [-0.2, -0.15) is 0 Å². The van der Waals surface area contributed by atoms with E-state index in [9.17, 15) is 0 Å². The van der Waals surface area contributed by atoms with Gasteiger partial charge in [0.1, 0.15) is 0 Å². The molecule has 11 heavy (non-hydrogen) atoms. The molecule has 66 valence electrons. The molecule has 0 saturated heterocycles. The van der Waals surface area contributed by atoms with Crippen LogP contribution in [0.1, 0.15) is 1.43 Å². The number of ether oxygens (including phenoxy) is 2. The van der Waals surface area contributed by atoms with Gasteiger partial charge in [-0.25, -0.2) is 0 Å². The van der Waals surface area contributed by atoms with E-state index in [1.54, 1.807) is 14.2 Å². The number of methoxy groups -OCH3 is 2. The standard InChI is InChI=1S/2C3H7O2.Al.H/c2*1-5-3-2-4;;/h2*2-3H2,1H3;;/q2*-1;+2;/p+1. The molecule has 0 aliphatic heterocycles. The monoisotopic (exact) mass is 179 g/mol. The average Bonchev–Trinajstić information content (AvgIpc) is 2.03. The van der Waals surface area contributed by atoms with Crippen molar-refractivity contribution in [2.75, 3.05) is 40.6 Å². The first-order chi connectivity index (χ1) is 5.41. The predicted molar refractivity (Wildman–Crippen MR) is 43.9 cm³/mol. The fraction of sp³-hybridized carbons (Fsp3) is 1.00. The van der Waals surface area contributed by atoms with E-state index in [0.717, 1.165) is 0 Å². The van der Waals surface area contributed by atoms with Crippen molar-refractivity contribution in [2.45, 2.75) is 0 Å². The van der Waals surface area contributed by atoms with Gasteiger partial charge in [0.2, 0.25) is 0 Å². The zero-order valence-electron chi connectivity index (χ0n) is 8.17. The van der Waals surface area contributed by atoms with Crippen LogP contribution in [0.2, 0.25) is 0 Å². The van der Waals surface area contributed by atoms with Crippen molar-refractivity contribution in [2.24, 2.45) is 0 Å². The van der Waals surface area contributed by atoms with Crippen molar-refractivity contribution in [3.05, 3.63) is 0 Å². The van der Waals surface area contributed by atoms with Gasteiger partial charge in [-0.3, -0.25) is 0 Å². The normalized spacial score (nSPS) is 10.0. The van der Waals surface area contributed by atoms with Crippen LogP contribution in [0, 0.1) is 0 Å². The third-order valence-electron chi connectivity index (χ3n) is 1.03. The van der Waals surface area contributed by atoms with Crippen molar-refractivity contribution in [3.63, 3.8) is 0 Å². The Kier molecular flexibility index (Phi) is 10.7. The molecule has 4 nitrogen and oxygen atoms in total. The van der Waals surface area contributed by atoms with Gasteiger partial charge in [-0.15, -0.1) is 0 Å². The minimum absolute atomic E-state index is 0. The average molecular weight is 179 g/mol. The van der Waals surface area contributed by atoms with Crippen LogP contribution in [-0.4, -0.2) is 56.5 Å². The number of rotatable bonds is 8. The first kappa shape index (κ1) is 11.4. The molecule has 0 aliphatic carbocycles. The molecule has 0 aromatic heterocycles. The smallest absolute Gasteiger partial charge is 0.479 e. The fourth-order valence-corrected chi connectivity index (χ4v) is 1.05. The van der Waals surface area contributed by atoms with E-state index >= 15 is 0 Å². The van der Waals surface area contributed by atoms with E-state index in [2.05, 4.69) is 0 Å². The summed E-state index contributed by atoms with van der Waals surface area (Å²) in [5.74, 6) is 0. The predicted octanol–water partition coefficient (Wildman–Crippen LogP) is -0.309. The quantitative estimate of drug-likeness (QED) is 0.378. The van der Waals surface area contributed by atoms with Crippen LogP contribution in [0.25, 0.3) is 0 Å². The van der Waals surface area contributed by atoms with Gasteiger partial charge in [0, 0.05) is 27.4 Å². The second-order valence-corrected chi connectivity index (χ2v) is 2.97. The molecule has 0 atom stereocenters. The molecule has 0 saturated carbocycles. The van der Waals surface area contributed by atoms with Crippen LogP contribution in [-0.2, 0) is 17.1 Å². The molecular weight excluding hydrogens is 163 g/mol. The SMILES string of the molecule is COCC[O][AlH][O]CCOC.[H+]. The molecule has 0 rings (SSSR count). The minimum atomic E-state index is -0.789. The van der Waals surface area contributed by atoms with Gasteiger partial charge >= 0.3 is 17.3 Å². The summed E-state index contributed by atoms with van der Waals surface area (Å²) in [6.45, 7) is 2.55. The minimum Gasteiger partial charge on any atom is -0.479 e. The molecule has 0 bridgehead atoms. The van der Waals surface area contributed by atoms with E-state index in [1.807, 2.05) is 0 Å². The summed E-state index contributed by atoms with van der Waals surface area (Å²) in [6.07, 6.45) is 0. The highest BCUT2D eigenvalue weighted by atomic mass is 27.2. The maximum Gasteiger partial charge on any atom is 1.00 e. The van der Waals surface area contributed by atoms with Crippen LogP contribution in [0.4, 0.5) is 0 Å². The molecule has 0 N–H and O–H groups in total. The maximum atomic E-state index is 5.16. The summed E-state index contributed by atoms with van der Waals surface area (Å²) in [4.78, 5) is 0. The van der Waals surface area contributed by atoms with Crippen molar-refractivity contribution >= 4 is 15.9 Å². The third kappa shape index (κ3) is 10.4. The highest BCUT2D eigenvalue weighted by Gasteiger charge is 1.95. The Morgan fingerprint density at radius 3 is 1.73 bits per heavy atom. The second-order valence-electron chi connectivity index (χ2n) is 1.92. The van der Waals surface area contributed by atoms with Gasteiger partial charge in [0.15, 0.2) is 0 Å². The van der Waals surface area contributed by atoms with Crippen LogP contribution in [0.5, 0.6) is 0 Å². The van der Waals surface area contributed by atoms with E-state index < -0.39 is 15.9 Å². The lowest BCUT2D eigenvalue weighted by molar-refractivity contribution is 0.110. The Labute approximate surface area is 75.6 Å². The van der Waals surface area contributed by atoms with Crippen molar-refractivity contribution in [1.82, 2.24) is 0 Å². The highest BCUT2D eigenvalue weighted by Crippen LogP contribution is 1.76. The van der Waals surface area contributed by atoms with Crippen LogP contribution >= 0.6 is 0 Å². The van der Waals surface area contributed by atoms with Crippen molar-refractivity contribution in [3.8, 4) is 0 Å². The number of hydrogen-bond donors (Lipinski definition) is 0. The molecule has 0 aromatic carbocycles. The van der Waals surface area contributed by atoms with E-state index in [1.165, 1.54) is 0 Å².